The van der Waals surface area contributed by atoms with Crippen molar-refractivity contribution in [3.05, 3.63) is 39.7 Å². The Hall–Kier alpha value is -2.95. The van der Waals surface area contributed by atoms with Crippen LogP contribution in [0.3, 0.4) is 0 Å². The summed E-state index contributed by atoms with van der Waals surface area (Å²) in [6.45, 7) is 5.48. The number of carbonyl (C=O) groups excluding carboxylic acids is 2. The van der Waals surface area contributed by atoms with Crippen LogP contribution in [0.4, 0.5) is 18.9 Å². The Balaban J connectivity index is 1.93. The van der Waals surface area contributed by atoms with E-state index in [9.17, 15) is 22.8 Å². The van der Waals surface area contributed by atoms with Gasteiger partial charge >= 0.3 is 6.18 Å². The van der Waals surface area contributed by atoms with Crippen molar-refractivity contribution in [3.8, 4) is 0 Å². The number of fused-ring (bicyclic) bond motifs is 1. The lowest BCUT2D eigenvalue weighted by molar-refractivity contribution is -0.141. The molecular weight excluding hydrogens is 407 g/mol. The van der Waals surface area contributed by atoms with Gasteiger partial charge < -0.3 is 11.1 Å². The number of nitrogens with two attached hydrogens (primary N) is 1. The molecule has 3 aromatic heterocycles. The number of alkyl halides is 3. The molecule has 0 spiro atoms. The van der Waals surface area contributed by atoms with Gasteiger partial charge in [-0.05, 0) is 38.5 Å². The Kier molecular flexibility index (Phi) is 5.35. The van der Waals surface area contributed by atoms with Crippen LogP contribution < -0.4 is 11.1 Å². The number of rotatable bonds is 5. The molecule has 3 aromatic rings. The standard InChI is InChI=1S/C18H18F3N5O2S/c1-8-6-11(18(19,20)21)23-17-13(8)14(15(29-17)16(22)28)24-12(27)4-5-26-10(3)7-9(2)25-26/h6-7H,4-5H2,1-3H3,(H2,22,28)(H,24,27). The van der Waals surface area contributed by atoms with Crippen molar-refractivity contribution in [2.45, 2.75) is 39.9 Å². The van der Waals surface area contributed by atoms with Gasteiger partial charge in [0.25, 0.3) is 5.91 Å². The van der Waals surface area contributed by atoms with Gasteiger partial charge in [-0.2, -0.15) is 18.3 Å². The molecule has 2 amide bonds. The van der Waals surface area contributed by atoms with Crippen molar-refractivity contribution in [1.29, 1.82) is 0 Å². The Bertz CT molecular complexity index is 1120. The zero-order chi connectivity index (χ0) is 21.5. The van der Waals surface area contributed by atoms with Gasteiger partial charge in [-0.3, -0.25) is 14.3 Å². The molecule has 0 aliphatic heterocycles. The average Bonchev–Trinajstić information content (AvgIpc) is 3.12. The van der Waals surface area contributed by atoms with E-state index in [1.165, 1.54) is 6.92 Å². The summed E-state index contributed by atoms with van der Waals surface area (Å²) in [4.78, 5) is 27.8. The number of hydrogen-bond acceptors (Lipinski definition) is 5. The summed E-state index contributed by atoms with van der Waals surface area (Å²) in [6, 6.07) is 2.76. The smallest absolute Gasteiger partial charge is 0.365 e. The topological polar surface area (TPSA) is 103 Å². The van der Waals surface area contributed by atoms with Gasteiger partial charge in [-0.25, -0.2) is 4.98 Å². The Morgan fingerprint density at radius 3 is 2.48 bits per heavy atom. The molecule has 7 nitrogen and oxygen atoms in total. The maximum absolute atomic E-state index is 13.0. The van der Waals surface area contributed by atoms with Crippen molar-refractivity contribution < 1.29 is 22.8 Å². The fourth-order valence-corrected chi connectivity index (χ4v) is 4.09. The molecule has 154 valence electrons. The fourth-order valence-electron chi connectivity index (χ4n) is 3.03. The van der Waals surface area contributed by atoms with Crippen molar-refractivity contribution in [3.63, 3.8) is 0 Å². The number of nitrogens with zero attached hydrogens (tertiary/aromatic N) is 3. The quantitative estimate of drug-likeness (QED) is 0.652. The third-order valence-electron chi connectivity index (χ3n) is 4.29. The van der Waals surface area contributed by atoms with E-state index in [0.717, 1.165) is 28.8 Å². The van der Waals surface area contributed by atoms with E-state index in [1.807, 2.05) is 19.9 Å². The van der Waals surface area contributed by atoms with Crippen molar-refractivity contribution >= 4 is 39.1 Å². The molecule has 3 heterocycles. The van der Waals surface area contributed by atoms with Crippen molar-refractivity contribution in [2.75, 3.05) is 5.32 Å². The van der Waals surface area contributed by atoms with Crippen LogP contribution in [0.1, 0.15) is 38.7 Å². The fraction of sp³-hybridized carbons (Fsp3) is 0.333. The summed E-state index contributed by atoms with van der Waals surface area (Å²) >= 11 is 0.721. The van der Waals surface area contributed by atoms with E-state index >= 15 is 0 Å². The van der Waals surface area contributed by atoms with E-state index in [-0.39, 0.29) is 32.8 Å². The minimum absolute atomic E-state index is 0.0139. The van der Waals surface area contributed by atoms with Crippen LogP contribution in [0.2, 0.25) is 0 Å². The Labute approximate surface area is 167 Å². The van der Waals surface area contributed by atoms with Gasteiger partial charge in [-0.1, -0.05) is 0 Å². The monoisotopic (exact) mass is 425 g/mol. The summed E-state index contributed by atoms with van der Waals surface area (Å²) in [5.74, 6) is -1.27. The molecule has 0 fully saturated rings. The summed E-state index contributed by atoms with van der Waals surface area (Å²) in [5.41, 5.74) is 6.35. The highest BCUT2D eigenvalue weighted by Crippen LogP contribution is 2.39. The van der Waals surface area contributed by atoms with Gasteiger partial charge in [0, 0.05) is 24.0 Å². The highest BCUT2D eigenvalue weighted by Gasteiger charge is 2.34. The van der Waals surface area contributed by atoms with Crippen LogP contribution in [-0.4, -0.2) is 26.6 Å². The molecule has 0 atom stereocenters. The molecule has 0 saturated carbocycles. The minimum Gasteiger partial charge on any atom is -0.365 e. The predicted molar refractivity (Wildman–Crippen MR) is 103 cm³/mol. The molecular formula is C18H18F3N5O2S. The zero-order valence-electron chi connectivity index (χ0n) is 15.8. The number of pyridine rings is 1. The first-order valence-electron chi connectivity index (χ1n) is 8.59. The van der Waals surface area contributed by atoms with Gasteiger partial charge in [0.1, 0.15) is 15.4 Å². The molecule has 0 radical (unpaired) electrons. The lowest BCUT2D eigenvalue weighted by Gasteiger charge is -2.10. The van der Waals surface area contributed by atoms with E-state index < -0.39 is 23.7 Å². The van der Waals surface area contributed by atoms with Crippen molar-refractivity contribution in [1.82, 2.24) is 14.8 Å². The van der Waals surface area contributed by atoms with Crippen LogP contribution in [-0.2, 0) is 17.5 Å². The molecule has 29 heavy (non-hydrogen) atoms. The average molecular weight is 425 g/mol. The van der Waals surface area contributed by atoms with Gasteiger partial charge in [0.2, 0.25) is 5.91 Å². The summed E-state index contributed by atoms with van der Waals surface area (Å²) in [5, 5.41) is 7.16. The number of amides is 2. The molecule has 3 rings (SSSR count). The van der Waals surface area contributed by atoms with Crippen molar-refractivity contribution in [2.24, 2.45) is 5.73 Å². The van der Waals surface area contributed by atoms with Crippen LogP contribution in [0.25, 0.3) is 10.2 Å². The number of carbonyl (C=O) groups is 2. The van der Waals surface area contributed by atoms with E-state index in [2.05, 4.69) is 15.4 Å². The van der Waals surface area contributed by atoms with Crippen LogP contribution in [0, 0.1) is 20.8 Å². The van der Waals surface area contributed by atoms with E-state index in [4.69, 9.17) is 5.73 Å². The molecule has 0 unspecified atom stereocenters. The minimum atomic E-state index is -4.63. The molecule has 0 aliphatic carbocycles. The molecule has 11 heteroatoms. The largest absolute Gasteiger partial charge is 0.433 e. The number of hydrogen-bond donors (Lipinski definition) is 2. The van der Waals surface area contributed by atoms with Gasteiger partial charge in [0.05, 0.1) is 11.4 Å². The maximum atomic E-state index is 13.0. The summed E-state index contributed by atoms with van der Waals surface area (Å²) in [6.07, 6.45) is -4.57. The van der Waals surface area contributed by atoms with Crippen LogP contribution in [0.15, 0.2) is 12.1 Å². The highest BCUT2D eigenvalue weighted by atomic mass is 32.1. The third-order valence-corrected chi connectivity index (χ3v) is 5.39. The third kappa shape index (κ3) is 4.24. The second-order valence-electron chi connectivity index (χ2n) is 6.62. The number of primary amides is 1. The molecule has 0 bridgehead atoms. The highest BCUT2D eigenvalue weighted by molar-refractivity contribution is 7.21. The Morgan fingerprint density at radius 2 is 1.93 bits per heavy atom. The number of nitrogens with one attached hydrogen (secondary N) is 1. The molecule has 0 aromatic carbocycles. The first-order valence-corrected chi connectivity index (χ1v) is 9.41. The first-order chi connectivity index (χ1) is 13.5. The second kappa shape index (κ2) is 7.47. The summed E-state index contributed by atoms with van der Waals surface area (Å²) < 4.78 is 40.8. The van der Waals surface area contributed by atoms with E-state index in [1.54, 1.807) is 4.68 Å². The van der Waals surface area contributed by atoms with Gasteiger partial charge in [0.15, 0.2) is 0 Å². The van der Waals surface area contributed by atoms with Gasteiger partial charge in [-0.15, -0.1) is 11.3 Å². The number of thiophene rings is 1. The van der Waals surface area contributed by atoms with E-state index in [0.29, 0.717) is 6.54 Å². The SMILES string of the molecule is Cc1cc(C)n(CCC(=O)Nc2c(C(N)=O)sc3nc(C(F)(F)F)cc(C)c23)n1. The number of aryl methyl sites for hydroxylation is 4. The lowest BCUT2D eigenvalue weighted by Crippen LogP contribution is -2.18. The predicted octanol–water partition coefficient (Wildman–Crippen LogP) is 3.56. The first kappa shape index (κ1) is 20.8. The van der Waals surface area contributed by atoms with Crippen LogP contribution >= 0.6 is 11.3 Å². The number of anilines is 1. The molecule has 0 saturated heterocycles. The van der Waals surface area contributed by atoms with Crippen LogP contribution in [0.5, 0.6) is 0 Å². The molecule has 0 aliphatic rings. The summed E-state index contributed by atoms with van der Waals surface area (Å²) in [7, 11) is 0. The number of halogens is 3. The number of aromatic nitrogens is 3. The lowest BCUT2D eigenvalue weighted by atomic mass is 10.1. The normalized spacial score (nSPS) is 11.8. The Morgan fingerprint density at radius 1 is 1.24 bits per heavy atom. The zero-order valence-corrected chi connectivity index (χ0v) is 16.7. The molecule has 3 N–H and O–H groups in total. The second-order valence-corrected chi connectivity index (χ2v) is 7.62. The maximum Gasteiger partial charge on any atom is 0.433 e.